The van der Waals surface area contributed by atoms with Crippen LogP contribution in [0, 0.1) is 0 Å². The molecule has 1 amide bonds. The Balaban J connectivity index is 1.58. The Labute approximate surface area is 172 Å². The number of nitrogens with one attached hydrogen (secondary N) is 1. The van der Waals surface area contributed by atoms with Crippen LogP contribution in [-0.2, 0) is 4.79 Å². The largest absolute Gasteiger partial charge is 0.492 e. The van der Waals surface area contributed by atoms with Crippen molar-refractivity contribution < 1.29 is 9.53 Å². The van der Waals surface area contributed by atoms with E-state index in [9.17, 15) is 4.79 Å². The summed E-state index contributed by atoms with van der Waals surface area (Å²) in [5.41, 5.74) is 2.15. The molecule has 148 valence electrons. The topological polar surface area (TPSA) is 41.6 Å². The first-order chi connectivity index (χ1) is 13.6. The fourth-order valence-corrected chi connectivity index (χ4v) is 3.42. The van der Waals surface area contributed by atoms with Crippen LogP contribution in [-0.4, -0.2) is 37.0 Å². The molecule has 0 radical (unpaired) electrons. The molecule has 2 aromatic carbocycles. The van der Waals surface area contributed by atoms with Gasteiger partial charge in [-0.3, -0.25) is 9.69 Å². The Morgan fingerprint density at radius 1 is 1.14 bits per heavy atom. The Kier molecular flexibility index (Phi) is 7.52. The summed E-state index contributed by atoms with van der Waals surface area (Å²) in [5, 5.41) is 3.37. The molecule has 0 aromatic heterocycles. The lowest BCUT2D eigenvalue weighted by atomic mass is 10.1. The highest BCUT2D eigenvalue weighted by Gasteiger charge is 2.11. The van der Waals surface area contributed by atoms with E-state index in [2.05, 4.69) is 10.2 Å². The summed E-state index contributed by atoms with van der Waals surface area (Å²) in [5.74, 6) is 0.526. The zero-order valence-corrected chi connectivity index (χ0v) is 17.0. The summed E-state index contributed by atoms with van der Waals surface area (Å²) < 4.78 is 5.88. The molecule has 1 saturated heterocycles. The standard InChI is InChI=1S/C23H27ClN2O2/c1-18(16-19-8-4-2-5-9-19)23(27)25-22-17-20(10-11-21(22)24)28-15-14-26-12-6-3-7-13-26/h2,4-5,8-11,16-17H,3,6-7,12-15H2,1H3,(H,25,27). The minimum Gasteiger partial charge on any atom is -0.492 e. The van der Waals surface area contributed by atoms with E-state index in [1.165, 1.54) is 19.3 Å². The maximum atomic E-state index is 12.5. The van der Waals surface area contributed by atoms with Gasteiger partial charge in [0, 0.05) is 18.2 Å². The van der Waals surface area contributed by atoms with Gasteiger partial charge >= 0.3 is 0 Å². The lowest BCUT2D eigenvalue weighted by Crippen LogP contribution is -2.33. The molecule has 2 aromatic rings. The molecule has 1 aliphatic heterocycles. The summed E-state index contributed by atoms with van der Waals surface area (Å²) in [6.45, 7) is 5.64. The molecule has 3 rings (SSSR count). The molecule has 5 heteroatoms. The number of piperidine rings is 1. The van der Waals surface area contributed by atoms with Gasteiger partial charge in [0.2, 0.25) is 0 Å². The van der Waals surface area contributed by atoms with Crippen LogP contribution in [0.4, 0.5) is 5.69 Å². The minimum absolute atomic E-state index is 0.184. The number of hydrogen-bond acceptors (Lipinski definition) is 3. The number of carbonyl (C=O) groups is 1. The number of benzene rings is 2. The van der Waals surface area contributed by atoms with Crippen LogP contribution >= 0.6 is 11.6 Å². The zero-order chi connectivity index (χ0) is 19.8. The van der Waals surface area contributed by atoms with E-state index in [0.29, 0.717) is 28.6 Å². The van der Waals surface area contributed by atoms with Crippen LogP contribution in [0.25, 0.3) is 6.08 Å². The second-order valence-electron chi connectivity index (χ2n) is 7.08. The Morgan fingerprint density at radius 3 is 2.64 bits per heavy atom. The average Bonchev–Trinajstić information content (AvgIpc) is 2.72. The van der Waals surface area contributed by atoms with Crippen LogP contribution in [0.15, 0.2) is 54.1 Å². The number of ether oxygens (including phenoxy) is 1. The molecule has 0 spiro atoms. The molecule has 28 heavy (non-hydrogen) atoms. The van der Waals surface area contributed by atoms with Crippen molar-refractivity contribution in [3.05, 3.63) is 64.7 Å². The molecule has 1 heterocycles. The number of likely N-dealkylation sites (tertiary alicyclic amines) is 1. The Hall–Kier alpha value is -2.30. The quantitative estimate of drug-likeness (QED) is 0.648. The maximum Gasteiger partial charge on any atom is 0.251 e. The first kappa shape index (κ1) is 20.4. The van der Waals surface area contributed by atoms with Crippen molar-refractivity contribution >= 4 is 29.3 Å². The SMILES string of the molecule is CC(=Cc1ccccc1)C(=O)Nc1cc(OCCN2CCCCC2)ccc1Cl. The van der Waals surface area contributed by atoms with E-state index in [4.69, 9.17) is 16.3 Å². The lowest BCUT2D eigenvalue weighted by molar-refractivity contribution is -0.112. The fourth-order valence-electron chi connectivity index (χ4n) is 3.25. The maximum absolute atomic E-state index is 12.5. The normalized spacial score (nSPS) is 15.3. The van der Waals surface area contributed by atoms with Gasteiger partial charge in [0.15, 0.2) is 0 Å². The van der Waals surface area contributed by atoms with E-state index >= 15 is 0 Å². The molecular weight excluding hydrogens is 372 g/mol. The van der Waals surface area contributed by atoms with Gasteiger partial charge in [-0.25, -0.2) is 0 Å². The molecule has 1 N–H and O–H groups in total. The van der Waals surface area contributed by atoms with E-state index in [1.54, 1.807) is 19.1 Å². The fraction of sp³-hybridized carbons (Fsp3) is 0.348. The first-order valence-electron chi connectivity index (χ1n) is 9.81. The number of carbonyl (C=O) groups excluding carboxylic acids is 1. The second kappa shape index (κ2) is 10.3. The molecule has 0 unspecified atom stereocenters. The zero-order valence-electron chi connectivity index (χ0n) is 16.3. The molecule has 0 atom stereocenters. The number of nitrogens with zero attached hydrogens (tertiary/aromatic N) is 1. The smallest absolute Gasteiger partial charge is 0.251 e. The first-order valence-corrected chi connectivity index (χ1v) is 10.2. The van der Waals surface area contributed by atoms with Crippen LogP contribution < -0.4 is 10.1 Å². The van der Waals surface area contributed by atoms with Gasteiger partial charge in [-0.2, -0.15) is 0 Å². The van der Waals surface area contributed by atoms with Crippen molar-refractivity contribution in [1.82, 2.24) is 4.90 Å². The third kappa shape index (κ3) is 6.11. The van der Waals surface area contributed by atoms with Gasteiger partial charge in [0.1, 0.15) is 12.4 Å². The van der Waals surface area contributed by atoms with Gasteiger partial charge < -0.3 is 10.1 Å². The molecule has 0 saturated carbocycles. The number of amides is 1. The molecule has 1 aliphatic rings. The number of anilines is 1. The van der Waals surface area contributed by atoms with Crippen LogP contribution in [0.5, 0.6) is 5.75 Å². The lowest BCUT2D eigenvalue weighted by Gasteiger charge is -2.26. The van der Waals surface area contributed by atoms with E-state index in [0.717, 1.165) is 25.2 Å². The second-order valence-corrected chi connectivity index (χ2v) is 7.49. The van der Waals surface area contributed by atoms with Gasteiger partial charge in [-0.05, 0) is 56.6 Å². The van der Waals surface area contributed by atoms with E-state index < -0.39 is 0 Å². The monoisotopic (exact) mass is 398 g/mol. The number of rotatable bonds is 7. The highest BCUT2D eigenvalue weighted by molar-refractivity contribution is 6.34. The Morgan fingerprint density at radius 2 is 1.89 bits per heavy atom. The number of halogens is 1. The number of hydrogen-bond donors (Lipinski definition) is 1. The van der Waals surface area contributed by atoms with E-state index in [-0.39, 0.29) is 5.91 Å². The Bertz CT molecular complexity index is 815. The van der Waals surface area contributed by atoms with Crippen LogP contribution in [0.1, 0.15) is 31.7 Å². The minimum atomic E-state index is -0.184. The molecular formula is C23H27ClN2O2. The summed E-state index contributed by atoms with van der Waals surface area (Å²) >= 11 is 6.26. The van der Waals surface area contributed by atoms with Gasteiger partial charge in [-0.15, -0.1) is 0 Å². The summed E-state index contributed by atoms with van der Waals surface area (Å²) in [6, 6.07) is 15.1. The predicted molar refractivity (Wildman–Crippen MR) is 116 cm³/mol. The van der Waals surface area contributed by atoms with Crippen molar-refractivity contribution in [3.63, 3.8) is 0 Å². The summed E-state index contributed by atoms with van der Waals surface area (Å²) in [4.78, 5) is 14.9. The molecule has 4 nitrogen and oxygen atoms in total. The summed E-state index contributed by atoms with van der Waals surface area (Å²) in [6.07, 6.45) is 5.72. The molecule has 0 aliphatic carbocycles. The van der Waals surface area contributed by atoms with E-state index in [1.807, 2.05) is 42.5 Å². The van der Waals surface area contributed by atoms with Crippen molar-refractivity contribution in [2.45, 2.75) is 26.2 Å². The average molecular weight is 399 g/mol. The third-order valence-corrected chi connectivity index (χ3v) is 5.18. The van der Waals surface area contributed by atoms with Gasteiger partial charge in [0.25, 0.3) is 5.91 Å². The molecule has 0 bridgehead atoms. The van der Waals surface area contributed by atoms with Gasteiger partial charge in [0.05, 0.1) is 10.7 Å². The summed E-state index contributed by atoms with van der Waals surface area (Å²) in [7, 11) is 0. The van der Waals surface area contributed by atoms with Crippen LogP contribution in [0.3, 0.4) is 0 Å². The third-order valence-electron chi connectivity index (χ3n) is 4.85. The highest BCUT2D eigenvalue weighted by atomic mass is 35.5. The van der Waals surface area contributed by atoms with Crippen molar-refractivity contribution in [1.29, 1.82) is 0 Å². The van der Waals surface area contributed by atoms with Crippen molar-refractivity contribution in [3.8, 4) is 5.75 Å². The van der Waals surface area contributed by atoms with Crippen molar-refractivity contribution in [2.24, 2.45) is 0 Å². The van der Waals surface area contributed by atoms with Crippen LogP contribution in [0.2, 0.25) is 5.02 Å². The van der Waals surface area contributed by atoms with Crippen molar-refractivity contribution in [2.75, 3.05) is 31.6 Å². The molecule has 1 fully saturated rings. The predicted octanol–water partition coefficient (Wildman–Crippen LogP) is 5.25. The highest BCUT2D eigenvalue weighted by Crippen LogP contribution is 2.27. The van der Waals surface area contributed by atoms with Gasteiger partial charge in [-0.1, -0.05) is 48.4 Å².